The number of rotatable bonds is 3. The summed E-state index contributed by atoms with van der Waals surface area (Å²) in [5.74, 6) is 3.48. The lowest BCUT2D eigenvalue weighted by Crippen LogP contribution is -1.95. The summed E-state index contributed by atoms with van der Waals surface area (Å²) in [6.07, 6.45) is 5.34. The minimum atomic E-state index is 0.541. The van der Waals surface area contributed by atoms with Gasteiger partial charge in [-0.25, -0.2) is 0 Å². The molecule has 0 aliphatic carbocycles. The van der Waals surface area contributed by atoms with Crippen LogP contribution in [0.4, 0.5) is 0 Å². The molecule has 2 aromatic rings. The van der Waals surface area contributed by atoms with Crippen molar-refractivity contribution < 1.29 is 4.74 Å². The van der Waals surface area contributed by atoms with E-state index in [4.69, 9.17) is 11.2 Å². The second-order valence-corrected chi connectivity index (χ2v) is 3.45. The van der Waals surface area contributed by atoms with Crippen molar-refractivity contribution in [2.75, 3.05) is 0 Å². The first-order valence-electron chi connectivity index (χ1n) is 5.12. The molecule has 0 aliphatic rings. The Balaban J connectivity index is 2.03. The predicted octanol–water partition coefficient (Wildman–Crippen LogP) is 3.25. The molecule has 0 amide bonds. The first-order chi connectivity index (χ1) is 7.88. The van der Waals surface area contributed by atoms with Crippen LogP contribution in [-0.4, -0.2) is 0 Å². The van der Waals surface area contributed by atoms with E-state index in [1.165, 1.54) is 0 Å². The van der Waals surface area contributed by atoms with Gasteiger partial charge < -0.3 is 4.74 Å². The Morgan fingerprint density at radius 3 is 2.56 bits per heavy atom. The zero-order valence-corrected chi connectivity index (χ0v) is 8.89. The molecule has 0 fully saturated rings. The van der Waals surface area contributed by atoms with Gasteiger partial charge in [-0.1, -0.05) is 36.3 Å². The van der Waals surface area contributed by atoms with Gasteiger partial charge in [0.1, 0.15) is 12.4 Å². The summed E-state index contributed by atoms with van der Waals surface area (Å²) in [5.41, 5.74) is 1.97. The van der Waals surface area contributed by atoms with E-state index in [2.05, 4.69) is 5.92 Å². The molecule has 0 aliphatic heterocycles. The first kappa shape index (κ1) is 10.3. The quantitative estimate of drug-likeness (QED) is 0.703. The lowest BCUT2D eigenvalue weighted by atomic mass is 10.1. The van der Waals surface area contributed by atoms with Crippen molar-refractivity contribution in [1.29, 1.82) is 0 Å². The number of para-hydroxylation sites is 1. The minimum Gasteiger partial charge on any atom is -0.489 e. The van der Waals surface area contributed by atoms with Gasteiger partial charge in [0.25, 0.3) is 0 Å². The van der Waals surface area contributed by atoms with E-state index in [1.54, 1.807) is 0 Å². The molecule has 0 saturated carbocycles. The smallest absolute Gasteiger partial charge is 0.119 e. The molecule has 0 N–H and O–H groups in total. The lowest BCUT2D eigenvalue weighted by Gasteiger charge is -2.06. The first-order valence-corrected chi connectivity index (χ1v) is 5.12. The van der Waals surface area contributed by atoms with Crippen LogP contribution < -0.4 is 4.74 Å². The van der Waals surface area contributed by atoms with Gasteiger partial charge in [0.05, 0.1) is 0 Å². The Morgan fingerprint density at radius 2 is 1.81 bits per heavy atom. The Morgan fingerprint density at radius 1 is 1.00 bits per heavy atom. The molecular weight excluding hydrogens is 196 g/mol. The Labute approximate surface area is 95.7 Å². The number of benzene rings is 2. The fourth-order valence-corrected chi connectivity index (χ4v) is 1.43. The van der Waals surface area contributed by atoms with E-state index in [0.29, 0.717) is 6.61 Å². The van der Waals surface area contributed by atoms with Crippen LogP contribution in [0.2, 0.25) is 0 Å². The van der Waals surface area contributed by atoms with Gasteiger partial charge in [-0.05, 0) is 29.8 Å². The third-order valence-electron chi connectivity index (χ3n) is 2.24. The minimum absolute atomic E-state index is 0.541. The van der Waals surface area contributed by atoms with Gasteiger partial charge in [0, 0.05) is 5.56 Å². The van der Waals surface area contributed by atoms with Crippen LogP contribution in [0.5, 0.6) is 5.75 Å². The summed E-state index contributed by atoms with van der Waals surface area (Å²) >= 11 is 0. The summed E-state index contributed by atoms with van der Waals surface area (Å²) in [6, 6.07) is 17.6. The average Bonchev–Trinajstić information content (AvgIpc) is 2.38. The summed E-state index contributed by atoms with van der Waals surface area (Å²) in [5, 5.41) is 0. The van der Waals surface area contributed by atoms with E-state index >= 15 is 0 Å². The van der Waals surface area contributed by atoms with Gasteiger partial charge in [-0.2, -0.15) is 0 Å². The molecule has 0 atom stereocenters. The molecule has 2 aromatic carbocycles. The zero-order valence-electron chi connectivity index (χ0n) is 8.89. The van der Waals surface area contributed by atoms with E-state index in [0.717, 1.165) is 16.9 Å². The van der Waals surface area contributed by atoms with Crippen molar-refractivity contribution in [2.45, 2.75) is 6.61 Å². The van der Waals surface area contributed by atoms with Crippen molar-refractivity contribution in [3.05, 3.63) is 65.7 Å². The van der Waals surface area contributed by atoms with Gasteiger partial charge in [0.2, 0.25) is 0 Å². The van der Waals surface area contributed by atoms with E-state index in [-0.39, 0.29) is 0 Å². The van der Waals surface area contributed by atoms with Crippen LogP contribution in [0.25, 0.3) is 0 Å². The van der Waals surface area contributed by atoms with Gasteiger partial charge in [-0.15, -0.1) is 6.42 Å². The highest BCUT2D eigenvalue weighted by molar-refractivity contribution is 5.35. The molecule has 1 nitrogen and oxygen atoms in total. The molecule has 0 heterocycles. The van der Waals surface area contributed by atoms with Crippen LogP contribution in [0, 0.1) is 12.3 Å². The fourth-order valence-electron chi connectivity index (χ4n) is 1.43. The van der Waals surface area contributed by atoms with E-state index in [1.807, 2.05) is 54.6 Å². The lowest BCUT2D eigenvalue weighted by molar-refractivity contribution is 0.306. The number of hydrogen-bond acceptors (Lipinski definition) is 1. The molecule has 0 saturated heterocycles. The topological polar surface area (TPSA) is 9.23 Å². The molecular formula is C15H12O. The highest BCUT2D eigenvalue weighted by Crippen LogP contribution is 2.12. The van der Waals surface area contributed by atoms with Crippen molar-refractivity contribution >= 4 is 0 Å². The van der Waals surface area contributed by atoms with E-state index < -0.39 is 0 Å². The van der Waals surface area contributed by atoms with Crippen LogP contribution >= 0.6 is 0 Å². The molecule has 0 unspecified atom stereocenters. The highest BCUT2D eigenvalue weighted by atomic mass is 16.5. The molecule has 78 valence electrons. The van der Waals surface area contributed by atoms with Gasteiger partial charge >= 0.3 is 0 Å². The molecule has 2 rings (SSSR count). The number of ether oxygens (including phenoxy) is 1. The average molecular weight is 208 g/mol. The molecule has 1 heteroatoms. The van der Waals surface area contributed by atoms with Crippen molar-refractivity contribution in [3.63, 3.8) is 0 Å². The standard InChI is InChI=1S/C15H12O/c1-2-13-7-6-8-14(11-13)12-16-15-9-4-3-5-10-15/h1,3-11H,12H2. The number of hydrogen-bond donors (Lipinski definition) is 0. The maximum absolute atomic E-state index is 5.62. The van der Waals surface area contributed by atoms with Gasteiger partial charge in [-0.3, -0.25) is 0 Å². The maximum Gasteiger partial charge on any atom is 0.119 e. The van der Waals surface area contributed by atoms with E-state index in [9.17, 15) is 0 Å². The third-order valence-corrected chi connectivity index (χ3v) is 2.24. The monoisotopic (exact) mass is 208 g/mol. The van der Waals surface area contributed by atoms with Gasteiger partial charge in [0.15, 0.2) is 0 Å². The van der Waals surface area contributed by atoms with Crippen molar-refractivity contribution in [3.8, 4) is 18.1 Å². The zero-order chi connectivity index (χ0) is 11.2. The molecule has 0 bridgehead atoms. The predicted molar refractivity (Wildman–Crippen MR) is 65.2 cm³/mol. The number of terminal acetylenes is 1. The van der Waals surface area contributed by atoms with Crippen LogP contribution in [-0.2, 0) is 6.61 Å². The third kappa shape index (κ3) is 2.65. The second kappa shape index (κ2) is 5.04. The summed E-state index contributed by atoms with van der Waals surface area (Å²) < 4.78 is 5.62. The molecule has 0 radical (unpaired) electrons. The largest absolute Gasteiger partial charge is 0.489 e. The highest BCUT2D eigenvalue weighted by Gasteiger charge is 1.95. The molecule has 0 aromatic heterocycles. The summed E-state index contributed by atoms with van der Waals surface area (Å²) in [4.78, 5) is 0. The summed E-state index contributed by atoms with van der Waals surface area (Å²) in [6.45, 7) is 0.541. The van der Waals surface area contributed by atoms with Crippen molar-refractivity contribution in [1.82, 2.24) is 0 Å². The van der Waals surface area contributed by atoms with Crippen LogP contribution in [0.15, 0.2) is 54.6 Å². The Bertz CT molecular complexity index is 494. The van der Waals surface area contributed by atoms with Crippen LogP contribution in [0.3, 0.4) is 0 Å². The molecule has 0 spiro atoms. The maximum atomic E-state index is 5.62. The van der Waals surface area contributed by atoms with Crippen molar-refractivity contribution in [2.24, 2.45) is 0 Å². The Kier molecular flexibility index (Phi) is 3.25. The molecule has 16 heavy (non-hydrogen) atoms. The summed E-state index contributed by atoms with van der Waals surface area (Å²) in [7, 11) is 0. The fraction of sp³-hybridized carbons (Fsp3) is 0.0667. The Hall–Kier alpha value is -2.20. The second-order valence-electron chi connectivity index (χ2n) is 3.45. The van der Waals surface area contributed by atoms with Crippen LogP contribution in [0.1, 0.15) is 11.1 Å². The SMILES string of the molecule is C#Cc1cccc(COc2ccccc2)c1. The normalized spacial score (nSPS) is 9.44.